The maximum absolute atomic E-state index is 13.2. The van der Waals surface area contributed by atoms with Gasteiger partial charge < -0.3 is 19.9 Å². The molecule has 7 nitrogen and oxygen atoms in total. The summed E-state index contributed by atoms with van der Waals surface area (Å²) in [5.41, 5.74) is 2.18. The first-order valence-corrected chi connectivity index (χ1v) is 9.60. The number of piperazine rings is 1. The van der Waals surface area contributed by atoms with Gasteiger partial charge in [-0.05, 0) is 31.0 Å². The summed E-state index contributed by atoms with van der Waals surface area (Å²) >= 11 is 0. The van der Waals surface area contributed by atoms with Crippen molar-refractivity contribution in [1.29, 1.82) is 0 Å². The van der Waals surface area contributed by atoms with Crippen molar-refractivity contribution < 1.29 is 9.59 Å². The van der Waals surface area contributed by atoms with Crippen LogP contribution in [0.1, 0.15) is 19.4 Å². The average molecular weight is 381 g/mol. The van der Waals surface area contributed by atoms with Crippen molar-refractivity contribution in [2.24, 2.45) is 5.92 Å². The fraction of sp³-hybridized carbons (Fsp3) is 0.429. The fourth-order valence-corrected chi connectivity index (χ4v) is 3.41. The van der Waals surface area contributed by atoms with Crippen molar-refractivity contribution in [1.82, 2.24) is 14.9 Å². The number of aromatic nitrogens is 2. The Balaban J connectivity index is 1.71. The minimum absolute atomic E-state index is 0.0298. The van der Waals surface area contributed by atoms with Crippen LogP contribution in [-0.4, -0.2) is 58.8 Å². The number of rotatable bonds is 6. The van der Waals surface area contributed by atoms with Gasteiger partial charge >= 0.3 is 0 Å². The van der Waals surface area contributed by atoms with Crippen LogP contribution >= 0.6 is 0 Å². The molecule has 0 radical (unpaired) electrons. The lowest BCUT2D eigenvalue weighted by molar-refractivity contribution is -0.134. The molecule has 0 aliphatic carbocycles. The van der Waals surface area contributed by atoms with Gasteiger partial charge in [-0.2, -0.15) is 0 Å². The van der Waals surface area contributed by atoms with Crippen LogP contribution in [0.4, 0.5) is 11.6 Å². The zero-order valence-corrected chi connectivity index (χ0v) is 16.6. The quantitative estimate of drug-likeness (QED) is 0.773. The third kappa shape index (κ3) is 4.47. The molecule has 7 heteroatoms. The second-order valence-corrected chi connectivity index (χ2v) is 7.46. The summed E-state index contributed by atoms with van der Waals surface area (Å²) in [5.74, 6) is 0.457. The second kappa shape index (κ2) is 8.82. The minimum atomic E-state index is -0.444. The molecule has 2 heterocycles. The molecule has 0 bridgehead atoms. The van der Waals surface area contributed by atoms with Crippen LogP contribution in [0.2, 0.25) is 0 Å². The van der Waals surface area contributed by atoms with Gasteiger partial charge in [0.2, 0.25) is 11.9 Å². The largest absolute Gasteiger partial charge is 0.358 e. The number of anilines is 2. The Hall–Kier alpha value is -2.96. The molecule has 1 unspecified atom stereocenters. The molecule has 1 aliphatic rings. The summed E-state index contributed by atoms with van der Waals surface area (Å²) in [4.78, 5) is 37.1. The average Bonchev–Trinajstić information content (AvgIpc) is 2.72. The predicted molar refractivity (Wildman–Crippen MR) is 109 cm³/mol. The van der Waals surface area contributed by atoms with Gasteiger partial charge in [-0.3, -0.25) is 4.79 Å². The lowest BCUT2D eigenvalue weighted by atomic mass is 10.0. The normalized spacial score (nSPS) is 18.1. The maximum atomic E-state index is 13.2. The van der Waals surface area contributed by atoms with Gasteiger partial charge in [0.1, 0.15) is 18.4 Å². The molecule has 0 spiro atoms. The highest BCUT2D eigenvalue weighted by Crippen LogP contribution is 2.22. The Kier molecular flexibility index (Phi) is 6.23. The Morgan fingerprint density at radius 3 is 2.46 bits per heavy atom. The molecule has 2 atom stereocenters. The molecule has 1 aromatic heterocycles. The number of aldehydes is 1. The van der Waals surface area contributed by atoms with Gasteiger partial charge in [0.05, 0.1) is 0 Å². The molecular weight excluding hydrogens is 354 g/mol. The van der Waals surface area contributed by atoms with E-state index in [0.29, 0.717) is 25.6 Å². The first-order valence-electron chi connectivity index (χ1n) is 9.60. The van der Waals surface area contributed by atoms with E-state index in [1.165, 1.54) is 5.56 Å². The fourth-order valence-electron chi connectivity index (χ4n) is 3.41. The lowest BCUT2D eigenvalue weighted by Gasteiger charge is -2.41. The second-order valence-electron chi connectivity index (χ2n) is 7.46. The van der Waals surface area contributed by atoms with Gasteiger partial charge in [-0.25, -0.2) is 9.97 Å². The van der Waals surface area contributed by atoms with Gasteiger partial charge in [0, 0.05) is 37.7 Å². The number of nitrogens with one attached hydrogen (secondary N) is 1. The number of hydrogen-bond acceptors (Lipinski definition) is 6. The third-order valence-electron chi connectivity index (χ3n) is 5.04. The van der Waals surface area contributed by atoms with Crippen LogP contribution in [0.5, 0.6) is 0 Å². The van der Waals surface area contributed by atoms with Crippen LogP contribution in [0.3, 0.4) is 0 Å². The Morgan fingerprint density at radius 2 is 1.86 bits per heavy atom. The summed E-state index contributed by atoms with van der Waals surface area (Å²) in [6.45, 7) is 7.56. The molecular formula is C21H27N5O2. The smallest absolute Gasteiger partial charge is 0.245 e. The molecule has 1 aromatic carbocycles. The summed E-state index contributed by atoms with van der Waals surface area (Å²) in [7, 11) is 0. The van der Waals surface area contributed by atoms with E-state index in [1.807, 2.05) is 45.0 Å². The highest BCUT2D eigenvalue weighted by atomic mass is 16.2. The van der Waals surface area contributed by atoms with Gasteiger partial charge in [-0.15, -0.1) is 0 Å². The molecule has 3 rings (SSSR count). The number of benzene rings is 1. The maximum Gasteiger partial charge on any atom is 0.245 e. The first-order chi connectivity index (χ1) is 13.5. The van der Waals surface area contributed by atoms with E-state index < -0.39 is 6.04 Å². The van der Waals surface area contributed by atoms with Crippen molar-refractivity contribution in [2.75, 3.05) is 29.9 Å². The van der Waals surface area contributed by atoms with Gasteiger partial charge in [-0.1, -0.05) is 31.5 Å². The van der Waals surface area contributed by atoms with Gasteiger partial charge in [0.25, 0.3) is 0 Å². The topological polar surface area (TPSA) is 78.4 Å². The SMILES string of the molecule is Cc1ccc(N2CCN(C(=O)C(Nc3ncccn3)C(C)C)C[C@@H]2C=O)cc1. The van der Waals surface area contributed by atoms with E-state index in [-0.39, 0.29) is 17.9 Å². The zero-order chi connectivity index (χ0) is 20.1. The third-order valence-corrected chi connectivity index (χ3v) is 5.04. The summed E-state index contributed by atoms with van der Waals surface area (Å²) < 4.78 is 0. The molecule has 1 saturated heterocycles. The molecule has 0 saturated carbocycles. The highest BCUT2D eigenvalue weighted by molar-refractivity contribution is 5.85. The minimum Gasteiger partial charge on any atom is -0.358 e. The van der Waals surface area contributed by atoms with Crippen LogP contribution in [0.25, 0.3) is 0 Å². The molecule has 28 heavy (non-hydrogen) atoms. The Morgan fingerprint density at radius 1 is 1.18 bits per heavy atom. The molecule has 2 aromatic rings. The van der Waals surface area contributed by atoms with E-state index in [4.69, 9.17) is 0 Å². The molecule has 1 fully saturated rings. The van der Waals surface area contributed by atoms with E-state index in [1.54, 1.807) is 23.4 Å². The number of aryl methyl sites for hydroxylation is 1. The van der Waals surface area contributed by atoms with Crippen LogP contribution in [-0.2, 0) is 9.59 Å². The number of hydrogen-bond donors (Lipinski definition) is 1. The zero-order valence-electron chi connectivity index (χ0n) is 16.6. The van der Waals surface area contributed by atoms with E-state index in [9.17, 15) is 9.59 Å². The van der Waals surface area contributed by atoms with Crippen LogP contribution in [0.15, 0.2) is 42.7 Å². The first kappa shape index (κ1) is 19.8. The summed E-state index contributed by atoms with van der Waals surface area (Å²) in [6, 6.07) is 9.04. The highest BCUT2D eigenvalue weighted by Gasteiger charge is 2.34. The Bertz CT molecular complexity index is 794. The molecule has 1 N–H and O–H groups in total. The Labute approximate surface area is 165 Å². The number of carbonyl (C=O) groups is 2. The van der Waals surface area contributed by atoms with Crippen LogP contribution < -0.4 is 10.2 Å². The number of carbonyl (C=O) groups excluding carboxylic acids is 2. The van der Waals surface area contributed by atoms with Crippen LogP contribution in [0, 0.1) is 12.8 Å². The van der Waals surface area contributed by atoms with Crippen molar-refractivity contribution in [3.05, 3.63) is 48.3 Å². The van der Waals surface area contributed by atoms with Crippen molar-refractivity contribution in [2.45, 2.75) is 32.9 Å². The molecule has 1 aliphatic heterocycles. The predicted octanol–water partition coefficient (Wildman–Crippen LogP) is 2.14. The van der Waals surface area contributed by atoms with E-state index in [0.717, 1.165) is 12.0 Å². The van der Waals surface area contributed by atoms with E-state index >= 15 is 0 Å². The lowest BCUT2D eigenvalue weighted by Crippen LogP contribution is -2.58. The van der Waals surface area contributed by atoms with Gasteiger partial charge in [0.15, 0.2) is 0 Å². The number of amides is 1. The summed E-state index contributed by atoms with van der Waals surface area (Å²) in [5, 5.41) is 3.14. The van der Waals surface area contributed by atoms with Crippen molar-refractivity contribution in [3.63, 3.8) is 0 Å². The monoisotopic (exact) mass is 381 g/mol. The standard InChI is InChI=1S/C21H27N5O2/c1-15(2)19(24-21-22-9-4-10-23-21)20(28)25-11-12-26(18(13-25)14-27)17-7-5-16(3)6-8-17/h4-10,14-15,18-19H,11-13H2,1-3H3,(H,22,23,24)/t18-,19?/m1/s1. The number of nitrogens with zero attached hydrogens (tertiary/aromatic N) is 4. The summed E-state index contributed by atoms with van der Waals surface area (Å²) in [6.07, 6.45) is 4.21. The molecule has 148 valence electrons. The van der Waals surface area contributed by atoms with Crippen molar-refractivity contribution >= 4 is 23.8 Å². The van der Waals surface area contributed by atoms with E-state index in [2.05, 4.69) is 20.2 Å². The van der Waals surface area contributed by atoms with Crippen molar-refractivity contribution in [3.8, 4) is 0 Å². The molecule has 1 amide bonds.